The van der Waals surface area contributed by atoms with E-state index < -0.39 is 0 Å². The van der Waals surface area contributed by atoms with Gasteiger partial charge in [0.1, 0.15) is 0 Å². The quantitative estimate of drug-likeness (QED) is 0.451. The first-order valence-corrected chi connectivity index (χ1v) is 2.69. The fourth-order valence-electron chi connectivity index (χ4n) is 0.0408. The summed E-state index contributed by atoms with van der Waals surface area (Å²) in [7, 11) is -0.545. The molecule has 4 heteroatoms. The summed E-state index contributed by atoms with van der Waals surface area (Å²) >= 11 is 0. The van der Waals surface area contributed by atoms with Crippen LogP contribution in [0.25, 0.3) is 0 Å². The van der Waals surface area contributed by atoms with Crippen molar-refractivity contribution < 1.29 is 9.13 Å². The third-order valence-corrected chi connectivity index (χ3v) is 0.724. The zero-order chi connectivity index (χ0) is 4.83. The van der Waals surface area contributed by atoms with Crippen LogP contribution >= 0.6 is 15.8 Å². The molecule has 0 aliphatic heterocycles. The molecule has 0 aromatic rings. The van der Waals surface area contributed by atoms with Gasteiger partial charge < -0.3 is 0 Å². The van der Waals surface area contributed by atoms with E-state index >= 15 is 0 Å². The normalized spacial score (nSPS) is 4.67. The summed E-state index contributed by atoms with van der Waals surface area (Å²) in [5.41, 5.74) is 4.08. The molecule has 30 valence electrons. The first kappa shape index (κ1) is 6.02. The average Bonchev–Trinajstić information content (AvgIpc) is 1.61. The van der Waals surface area contributed by atoms with Crippen molar-refractivity contribution in [2.45, 2.75) is 0 Å². The molecule has 0 aromatic heterocycles. The minimum atomic E-state index is -0.273. The molecule has 6 heavy (non-hydrogen) atoms. The molecule has 0 aromatic carbocycles. The van der Waals surface area contributed by atoms with Crippen LogP contribution in [-0.4, -0.2) is 0 Å². The second-order valence-electron chi connectivity index (χ2n) is 0.406. The van der Waals surface area contributed by atoms with Crippen molar-refractivity contribution in [1.82, 2.24) is 0 Å². The third kappa shape index (κ3) is 4.02. The van der Waals surface area contributed by atoms with E-state index in [0.29, 0.717) is 0 Å². The SMILES string of the molecule is O=P#CC#P=O. The van der Waals surface area contributed by atoms with Gasteiger partial charge in [-0.2, -0.15) is 0 Å². The van der Waals surface area contributed by atoms with E-state index in [9.17, 15) is 9.13 Å². The van der Waals surface area contributed by atoms with Crippen molar-refractivity contribution in [3.8, 4) is 11.3 Å². The summed E-state index contributed by atoms with van der Waals surface area (Å²) in [6.07, 6.45) is 0. The first-order valence-electron chi connectivity index (χ1n) is 1.06. The van der Waals surface area contributed by atoms with Gasteiger partial charge in [0, 0.05) is 0 Å². The molecule has 0 heterocycles. The van der Waals surface area contributed by atoms with Crippen LogP contribution in [0.5, 0.6) is 0 Å². The Labute approximate surface area is 37.2 Å². The topological polar surface area (TPSA) is 34.1 Å². The second-order valence-corrected chi connectivity index (χ2v) is 1.22. The molecule has 0 aliphatic carbocycles. The van der Waals surface area contributed by atoms with Crippen LogP contribution in [0.3, 0.4) is 0 Å². The maximum atomic E-state index is 9.34. The number of hydrogen-bond donors (Lipinski definition) is 0. The fraction of sp³-hybridized carbons (Fsp3) is 0. The Morgan fingerprint density at radius 1 is 1.00 bits per heavy atom. The molecule has 0 spiro atoms. The predicted octanol–water partition coefficient (Wildman–Crippen LogP) is 1.49. The Hall–Kier alpha value is 0.0200. The Kier molecular flexibility index (Phi) is 5.04. The Balaban J connectivity index is 4.15. The van der Waals surface area contributed by atoms with Crippen LogP contribution in [0.4, 0.5) is 0 Å². The fourth-order valence-corrected chi connectivity index (χ4v) is 0.367. The Morgan fingerprint density at radius 2 is 1.33 bits per heavy atom. The van der Waals surface area contributed by atoms with Gasteiger partial charge in [-0.25, -0.2) is 0 Å². The molecular formula is C2O2P2. The summed E-state index contributed by atoms with van der Waals surface area (Å²) in [6.45, 7) is 0. The summed E-state index contributed by atoms with van der Waals surface area (Å²) in [6, 6.07) is 0. The van der Waals surface area contributed by atoms with Gasteiger partial charge in [0.25, 0.3) is 0 Å². The van der Waals surface area contributed by atoms with Crippen molar-refractivity contribution in [2.24, 2.45) is 0 Å². The van der Waals surface area contributed by atoms with E-state index in [1.54, 1.807) is 0 Å². The van der Waals surface area contributed by atoms with E-state index in [1.807, 2.05) is 11.3 Å². The molecule has 0 saturated heterocycles. The minimum absolute atomic E-state index is 0.273. The van der Waals surface area contributed by atoms with Crippen LogP contribution < -0.4 is 0 Å². The molecule has 0 atom stereocenters. The molecule has 0 amide bonds. The zero-order valence-corrected chi connectivity index (χ0v) is 4.50. The monoisotopic (exact) mass is 118 g/mol. The molecule has 0 radical (unpaired) electrons. The summed E-state index contributed by atoms with van der Waals surface area (Å²) in [5, 5.41) is 0. The zero-order valence-electron chi connectivity index (χ0n) is 2.71. The first-order chi connectivity index (χ1) is 2.91. The molecule has 0 fully saturated rings. The molecule has 0 bridgehead atoms. The van der Waals surface area contributed by atoms with Crippen molar-refractivity contribution >= 4 is 15.8 Å². The molecule has 2 nitrogen and oxygen atoms in total. The van der Waals surface area contributed by atoms with Crippen molar-refractivity contribution in [2.75, 3.05) is 0 Å². The average molecular weight is 118 g/mol. The van der Waals surface area contributed by atoms with E-state index in [-0.39, 0.29) is 15.8 Å². The van der Waals surface area contributed by atoms with Gasteiger partial charge in [-0.15, -0.1) is 0 Å². The van der Waals surface area contributed by atoms with Crippen LogP contribution in [0, 0.1) is 11.3 Å². The summed E-state index contributed by atoms with van der Waals surface area (Å²) in [4.78, 5) is 0. The van der Waals surface area contributed by atoms with Crippen LogP contribution in [-0.2, 0) is 9.13 Å². The molecule has 0 unspecified atom stereocenters. The number of hydrogen-bond acceptors (Lipinski definition) is 2. The van der Waals surface area contributed by atoms with Crippen molar-refractivity contribution in [1.29, 1.82) is 0 Å². The summed E-state index contributed by atoms with van der Waals surface area (Å²) < 4.78 is 18.7. The van der Waals surface area contributed by atoms with Crippen LogP contribution in [0.1, 0.15) is 0 Å². The Morgan fingerprint density at radius 3 is 1.50 bits per heavy atom. The van der Waals surface area contributed by atoms with Gasteiger partial charge in [-0.3, -0.25) is 0 Å². The summed E-state index contributed by atoms with van der Waals surface area (Å²) in [5.74, 6) is 0. The maximum absolute atomic E-state index is 9.34. The van der Waals surface area contributed by atoms with Gasteiger partial charge in [-0.1, -0.05) is 0 Å². The van der Waals surface area contributed by atoms with E-state index in [4.69, 9.17) is 0 Å². The molecule has 0 N–H and O–H groups in total. The standard InChI is InChI=1S/C2O2P2/c3-5-1-2-6-4. The van der Waals surface area contributed by atoms with E-state index in [2.05, 4.69) is 0 Å². The van der Waals surface area contributed by atoms with Crippen molar-refractivity contribution in [3.63, 3.8) is 0 Å². The van der Waals surface area contributed by atoms with Gasteiger partial charge in [0.05, 0.1) is 0 Å². The van der Waals surface area contributed by atoms with Gasteiger partial charge in [0.15, 0.2) is 0 Å². The predicted molar refractivity (Wildman–Crippen MR) is 23.0 cm³/mol. The third-order valence-electron chi connectivity index (χ3n) is 0.141. The van der Waals surface area contributed by atoms with Crippen molar-refractivity contribution in [3.05, 3.63) is 0 Å². The number of rotatable bonds is 0. The molecule has 0 saturated carbocycles. The van der Waals surface area contributed by atoms with Crippen LogP contribution in [0.2, 0.25) is 0 Å². The van der Waals surface area contributed by atoms with E-state index in [0.717, 1.165) is 0 Å². The Bertz CT molecular complexity index is 178. The molecule has 0 aliphatic rings. The van der Waals surface area contributed by atoms with Gasteiger partial charge in [-0.05, 0) is 0 Å². The van der Waals surface area contributed by atoms with Gasteiger partial charge in [0.2, 0.25) is 0 Å². The second kappa shape index (κ2) is 5.02. The molecular weight excluding hydrogens is 118 g/mol. The van der Waals surface area contributed by atoms with Crippen LogP contribution in [0.15, 0.2) is 0 Å². The van der Waals surface area contributed by atoms with Gasteiger partial charge >= 0.3 is 36.2 Å². The molecule has 0 rings (SSSR count). The van der Waals surface area contributed by atoms with E-state index in [1.165, 1.54) is 0 Å².